The van der Waals surface area contributed by atoms with E-state index in [-0.39, 0.29) is 81.1 Å². The van der Waals surface area contributed by atoms with E-state index >= 15 is 0 Å². The Morgan fingerprint density at radius 3 is 1.95 bits per heavy atom. The first-order valence-corrected chi connectivity index (χ1v) is 43.2. The fourth-order valence-corrected chi connectivity index (χ4v) is 17.4. The Kier molecular flexibility index (Phi) is 25.2. The number of hydrogen-bond donors (Lipinski definition) is 0. The number of hydrogen-bond acceptors (Lipinski definition) is 11. The van der Waals surface area contributed by atoms with Gasteiger partial charge in [0.25, 0.3) is 0 Å². The molecule has 0 radical (unpaired) electrons. The van der Waals surface area contributed by atoms with Gasteiger partial charge in [0.15, 0.2) is 25.0 Å². The summed E-state index contributed by atoms with van der Waals surface area (Å²) in [5.74, 6) is 1.36. The summed E-state index contributed by atoms with van der Waals surface area (Å²) in [6, 6.07) is 9.28. The van der Waals surface area contributed by atoms with E-state index in [0.29, 0.717) is 61.8 Å². The van der Waals surface area contributed by atoms with Crippen LogP contribution in [0.25, 0.3) is 0 Å². The lowest BCUT2D eigenvalue weighted by atomic mass is 9.80. The maximum atomic E-state index is 14.5. The average molecular weight is 1340 g/mol. The second-order valence-corrected chi connectivity index (χ2v) is 46.4. The van der Waals surface area contributed by atoms with Crippen molar-refractivity contribution in [2.24, 2.45) is 23.7 Å². The average Bonchev–Trinajstić information content (AvgIpc) is 3.04. The topological polar surface area (TPSA) is 117 Å². The number of rotatable bonds is 27. The summed E-state index contributed by atoms with van der Waals surface area (Å²) in [7, 11) is -7.74. The number of alkyl halides is 1. The number of ketones is 1. The number of esters is 1. The quantitative estimate of drug-likeness (QED) is 0.0275. The van der Waals surface area contributed by atoms with Crippen molar-refractivity contribution in [2.45, 2.75) is 333 Å². The van der Waals surface area contributed by atoms with Gasteiger partial charge in [-0.25, -0.2) is 4.79 Å². The van der Waals surface area contributed by atoms with Crippen molar-refractivity contribution in [2.75, 3.05) is 4.43 Å². The largest absolute Gasteiger partial charge is 0.455 e. The van der Waals surface area contributed by atoms with Crippen LogP contribution < -0.4 is 0 Å². The SMILES string of the molecule is C=C(C)[C@H](C)C[C@H]1CC[C@@H]2OC(CCC(/C=C/[C@H](O[Si](C)(C)C(C)(C)C)[C@@H]3O[C@H]4CC[C@H](CC(=O)CC5[C@H](CCC)O[C@H](C[C@H](C)CC)[C@@H]5C)O[C@@H]4[C@H](O[Si](C)(C)C(C)(C)C)[C@@H]3O[Si](C)(C)C(C)(C)C)OC(=O)c3ccccc3)C[C@]2(CI)O1. The monoisotopic (exact) mass is 1330 g/mol. The minimum absolute atomic E-state index is 0.0200. The molecule has 11 nitrogen and oxygen atoms in total. The van der Waals surface area contributed by atoms with Crippen LogP contribution in [0.4, 0.5) is 0 Å². The molecule has 6 rings (SSSR count). The summed E-state index contributed by atoms with van der Waals surface area (Å²) in [5, 5.41) is -0.445. The molecule has 5 aliphatic heterocycles. The van der Waals surface area contributed by atoms with Crippen molar-refractivity contribution in [1.82, 2.24) is 0 Å². The summed E-state index contributed by atoms with van der Waals surface area (Å²) < 4.78 is 66.5. The van der Waals surface area contributed by atoms with Gasteiger partial charge in [-0.05, 0) is 161 Å². The highest BCUT2D eigenvalue weighted by molar-refractivity contribution is 14.1. The molecule has 0 N–H and O–H groups in total. The van der Waals surface area contributed by atoms with Gasteiger partial charge in [-0.3, -0.25) is 4.79 Å². The number of allylic oxidation sites excluding steroid dienone is 1. The van der Waals surface area contributed by atoms with E-state index in [4.69, 9.17) is 41.7 Å². The van der Waals surface area contributed by atoms with Gasteiger partial charge in [0.1, 0.15) is 41.9 Å². The molecule has 1 aromatic rings. The highest BCUT2D eigenvalue weighted by Crippen LogP contribution is 2.49. The van der Waals surface area contributed by atoms with Gasteiger partial charge in [-0.1, -0.05) is 169 Å². The van der Waals surface area contributed by atoms with Crippen molar-refractivity contribution in [3.8, 4) is 0 Å². The third-order valence-electron chi connectivity index (χ3n) is 21.6. The molecule has 15 heteroatoms. The van der Waals surface area contributed by atoms with Crippen LogP contribution in [0.5, 0.6) is 0 Å². The third kappa shape index (κ3) is 18.1. The number of fused-ring (bicyclic) bond motifs is 2. The standard InChI is InChI=1S/C69H119IO11Si3/c1-23-28-56-55(48(7)59(76-56)39-46(5)24-2)42-50(71)41-52-34-36-57-61(74-52)63(80-83(19,20)67(11,12)13)64(81-84(21,22)68(14,15)16)62(77-57)58(79-82(17,18)66(8,9)10)37-33-51(75-65(72)49-29-26-25-27-30-49)31-32-54-43-69(44-70)60(73-54)38-35-53(78-69)40-47(6)45(3)4/h25-27,29-30,33,37,46-48,51-64H,3,23-24,28,31-32,34-36,38-44H2,1-2,4-22H3/b37-33+/t46-,47-,48-,51?,52-,53-,54?,55?,56+,57+,58+,59-,60+,61+,62+,63+,64-,69-/m1/s1. The molecule has 18 atom stereocenters. The number of halogens is 1. The maximum Gasteiger partial charge on any atom is 0.338 e. The minimum Gasteiger partial charge on any atom is -0.455 e. The van der Waals surface area contributed by atoms with Crippen LogP contribution in [0.1, 0.15) is 204 Å². The first-order valence-electron chi connectivity index (χ1n) is 33.0. The van der Waals surface area contributed by atoms with Gasteiger partial charge in [-0.15, -0.1) is 0 Å². The van der Waals surface area contributed by atoms with Gasteiger partial charge >= 0.3 is 5.97 Å². The third-order valence-corrected chi connectivity index (χ3v) is 36.4. The van der Waals surface area contributed by atoms with Crippen molar-refractivity contribution >= 4 is 59.3 Å². The number of benzene rings is 1. The first kappa shape index (κ1) is 72.0. The van der Waals surface area contributed by atoms with Crippen molar-refractivity contribution in [3.05, 3.63) is 60.2 Å². The molecular weight excluding hydrogens is 1220 g/mol. The number of carbonyl (C=O) groups excluding carboxylic acids is 2. The summed E-state index contributed by atoms with van der Waals surface area (Å²) in [6.07, 6.45) is 11.9. The van der Waals surface area contributed by atoms with E-state index in [0.717, 1.165) is 55.8 Å². The second-order valence-electron chi connectivity index (χ2n) is 31.4. The highest BCUT2D eigenvalue weighted by atomic mass is 127. The first-order chi connectivity index (χ1) is 38.9. The molecule has 0 bridgehead atoms. The van der Waals surface area contributed by atoms with Gasteiger partial charge in [0.05, 0.1) is 54.4 Å². The molecule has 1 aromatic carbocycles. The number of carbonyl (C=O) groups is 2. The summed E-state index contributed by atoms with van der Waals surface area (Å²) in [6.45, 7) is 52.1. The van der Waals surface area contributed by atoms with Crippen LogP contribution >= 0.6 is 22.6 Å². The van der Waals surface area contributed by atoms with E-state index in [1.165, 1.54) is 5.57 Å². The fourth-order valence-electron chi connectivity index (χ4n) is 12.6. The molecule has 480 valence electrons. The van der Waals surface area contributed by atoms with Crippen molar-refractivity contribution < 1.29 is 51.3 Å². The van der Waals surface area contributed by atoms with Crippen LogP contribution in [0, 0.1) is 23.7 Å². The van der Waals surface area contributed by atoms with Crippen molar-refractivity contribution in [3.63, 3.8) is 0 Å². The highest BCUT2D eigenvalue weighted by Gasteiger charge is 2.59. The van der Waals surface area contributed by atoms with E-state index in [2.05, 4.69) is 184 Å². The number of Topliss-reactive ketones (excluding diaryl/α,β-unsaturated/α-hetero) is 1. The zero-order valence-corrected chi connectivity index (χ0v) is 61.7. The van der Waals surface area contributed by atoms with Crippen LogP contribution in [0.3, 0.4) is 0 Å². The van der Waals surface area contributed by atoms with Crippen LogP contribution in [0.15, 0.2) is 54.6 Å². The lowest BCUT2D eigenvalue weighted by molar-refractivity contribution is -0.266. The van der Waals surface area contributed by atoms with Gasteiger partial charge < -0.3 is 41.7 Å². The second kappa shape index (κ2) is 29.5. The maximum absolute atomic E-state index is 14.5. The van der Waals surface area contributed by atoms with Crippen molar-refractivity contribution in [1.29, 1.82) is 0 Å². The Morgan fingerprint density at radius 2 is 1.37 bits per heavy atom. The predicted octanol–water partition coefficient (Wildman–Crippen LogP) is 17.8. The number of ether oxygens (including phenoxy) is 6. The van der Waals surface area contributed by atoms with E-state index < -0.39 is 61.6 Å². The summed E-state index contributed by atoms with van der Waals surface area (Å²) in [5.41, 5.74) is 1.34. The smallest absolute Gasteiger partial charge is 0.338 e. The molecule has 84 heavy (non-hydrogen) atoms. The zero-order valence-electron chi connectivity index (χ0n) is 56.5. The molecule has 0 aromatic heterocycles. The van der Waals surface area contributed by atoms with Crippen LogP contribution in [-0.4, -0.2) is 126 Å². The lowest BCUT2D eigenvalue weighted by Crippen LogP contribution is -2.69. The van der Waals surface area contributed by atoms with Gasteiger partial charge in [0, 0.05) is 23.7 Å². The van der Waals surface area contributed by atoms with Crippen LogP contribution in [-0.2, 0) is 46.5 Å². The minimum atomic E-state index is -2.60. The normalized spacial score (nSPS) is 32.4. The molecule has 0 aliphatic carbocycles. The molecule has 5 fully saturated rings. The van der Waals surface area contributed by atoms with Crippen LogP contribution in [0.2, 0.25) is 54.4 Å². The molecule has 5 heterocycles. The molecule has 0 spiro atoms. The lowest BCUT2D eigenvalue weighted by Gasteiger charge is -2.56. The van der Waals surface area contributed by atoms with Gasteiger partial charge in [-0.2, -0.15) is 0 Å². The van der Waals surface area contributed by atoms with E-state index in [1.807, 2.05) is 30.3 Å². The predicted molar refractivity (Wildman–Crippen MR) is 359 cm³/mol. The molecule has 3 unspecified atom stereocenters. The Morgan fingerprint density at radius 1 is 0.750 bits per heavy atom. The molecule has 5 aliphatic rings. The molecule has 5 saturated heterocycles. The molecule has 0 amide bonds. The summed E-state index contributed by atoms with van der Waals surface area (Å²) in [4.78, 5) is 28.7. The van der Waals surface area contributed by atoms with E-state index in [9.17, 15) is 9.59 Å². The zero-order chi connectivity index (χ0) is 62.5. The Bertz CT molecular complexity index is 2310. The van der Waals surface area contributed by atoms with E-state index in [1.54, 1.807) is 0 Å². The fraction of sp³-hybridized carbons (Fsp3) is 0.826. The summed E-state index contributed by atoms with van der Waals surface area (Å²) >= 11 is 2.50. The van der Waals surface area contributed by atoms with Gasteiger partial charge in [0.2, 0.25) is 0 Å². The Balaban J connectivity index is 1.37. The Hall–Kier alpha value is -1.10. The Labute approximate surface area is 528 Å². The molecular formula is C69H119IO11Si3. The molecule has 0 saturated carbocycles.